The molecule has 3 N–H and O–H groups in total. The monoisotopic (exact) mass is 408 g/mol. The summed E-state index contributed by atoms with van der Waals surface area (Å²) in [7, 11) is 0. The van der Waals surface area contributed by atoms with Crippen LogP contribution in [0.1, 0.15) is 24.8 Å². The molecule has 0 aromatic carbocycles. The second-order valence-corrected chi connectivity index (χ2v) is 8.59. The van der Waals surface area contributed by atoms with E-state index in [1.807, 2.05) is 6.20 Å². The predicted molar refractivity (Wildman–Crippen MR) is 119 cm³/mol. The highest BCUT2D eigenvalue weighted by atomic mass is 16.5. The number of hydrogen-bond acceptors (Lipinski definition) is 7. The van der Waals surface area contributed by atoms with Crippen molar-refractivity contribution in [2.75, 3.05) is 44.7 Å². The van der Waals surface area contributed by atoms with Crippen molar-refractivity contribution in [3.8, 4) is 0 Å². The minimum absolute atomic E-state index is 0.360. The van der Waals surface area contributed by atoms with Crippen molar-refractivity contribution >= 4 is 11.7 Å². The normalized spacial score (nSPS) is 28.7. The molecule has 0 amide bonds. The molecule has 5 rings (SSSR count). The van der Waals surface area contributed by atoms with E-state index < -0.39 is 0 Å². The molecule has 0 aliphatic carbocycles. The zero-order valence-corrected chi connectivity index (χ0v) is 17.5. The number of aromatic nitrogens is 1. The molecular formula is C23H32N6O. The van der Waals surface area contributed by atoms with E-state index in [2.05, 4.69) is 61.4 Å². The summed E-state index contributed by atoms with van der Waals surface area (Å²) >= 11 is 0. The van der Waals surface area contributed by atoms with Crippen LogP contribution in [0.2, 0.25) is 0 Å². The average molecular weight is 409 g/mol. The molecule has 160 valence electrons. The molecule has 0 saturated carbocycles. The number of fused-ring (bicyclic) bond motifs is 1. The van der Waals surface area contributed by atoms with Gasteiger partial charge in [-0.25, -0.2) is 4.98 Å². The molecule has 1 aromatic rings. The predicted octanol–water partition coefficient (Wildman–Crippen LogP) is 2.11. The number of morpholine rings is 1. The van der Waals surface area contributed by atoms with E-state index in [9.17, 15) is 0 Å². The van der Waals surface area contributed by atoms with Gasteiger partial charge in [0.2, 0.25) is 0 Å². The Bertz CT molecular complexity index is 811. The molecule has 1 saturated heterocycles. The summed E-state index contributed by atoms with van der Waals surface area (Å²) in [6.45, 7) is 5.50. The lowest BCUT2D eigenvalue weighted by Crippen LogP contribution is -2.55. The summed E-state index contributed by atoms with van der Waals surface area (Å²) in [5.41, 5.74) is 2.69. The molecule has 7 nitrogen and oxygen atoms in total. The van der Waals surface area contributed by atoms with Crippen molar-refractivity contribution in [2.45, 2.75) is 31.8 Å². The first-order chi connectivity index (χ1) is 14.9. The molecule has 0 spiro atoms. The second kappa shape index (κ2) is 9.18. The number of anilines is 1. The van der Waals surface area contributed by atoms with Gasteiger partial charge in [-0.15, -0.1) is 0 Å². The van der Waals surface area contributed by atoms with Crippen LogP contribution in [-0.4, -0.2) is 61.3 Å². The molecule has 0 bridgehead atoms. The summed E-state index contributed by atoms with van der Waals surface area (Å²) in [6, 6.07) is 4.32. The smallest absolute Gasteiger partial charge is 0.125 e. The first-order valence-electron chi connectivity index (χ1n) is 11.3. The number of pyridine rings is 1. The SMILES string of the molecule is C1=CNC(N2CCOCC2)C(CNc2ccc(CC3=CNC4=NCCCC34)cn2)C1. The van der Waals surface area contributed by atoms with Crippen LogP contribution in [0.5, 0.6) is 0 Å². The van der Waals surface area contributed by atoms with Gasteiger partial charge in [0, 0.05) is 50.4 Å². The summed E-state index contributed by atoms with van der Waals surface area (Å²) in [6.07, 6.45) is 13.3. The van der Waals surface area contributed by atoms with Gasteiger partial charge in [-0.05, 0) is 49.1 Å². The second-order valence-electron chi connectivity index (χ2n) is 8.59. The topological polar surface area (TPSA) is 73.8 Å². The zero-order chi connectivity index (χ0) is 20.2. The van der Waals surface area contributed by atoms with Gasteiger partial charge in [-0.2, -0.15) is 0 Å². The summed E-state index contributed by atoms with van der Waals surface area (Å²) < 4.78 is 5.52. The van der Waals surface area contributed by atoms with E-state index in [0.717, 1.165) is 63.9 Å². The largest absolute Gasteiger partial charge is 0.379 e. The fourth-order valence-corrected chi connectivity index (χ4v) is 4.92. The van der Waals surface area contributed by atoms with Gasteiger partial charge in [-0.1, -0.05) is 12.1 Å². The molecule has 4 aliphatic rings. The van der Waals surface area contributed by atoms with Crippen molar-refractivity contribution in [2.24, 2.45) is 16.8 Å². The van der Waals surface area contributed by atoms with Gasteiger partial charge in [0.25, 0.3) is 0 Å². The third-order valence-electron chi connectivity index (χ3n) is 6.60. The minimum atomic E-state index is 0.360. The molecule has 1 fully saturated rings. The van der Waals surface area contributed by atoms with Crippen LogP contribution in [0.4, 0.5) is 5.82 Å². The highest BCUT2D eigenvalue weighted by molar-refractivity contribution is 5.91. The molecule has 30 heavy (non-hydrogen) atoms. The van der Waals surface area contributed by atoms with Gasteiger partial charge in [0.15, 0.2) is 0 Å². The van der Waals surface area contributed by atoms with Crippen LogP contribution < -0.4 is 16.0 Å². The van der Waals surface area contributed by atoms with E-state index in [1.54, 1.807) is 0 Å². The highest BCUT2D eigenvalue weighted by Crippen LogP contribution is 2.28. The van der Waals surface area contributed by atoms with E-state index in [4.69, 9.17) is 4.74 Å². The van der Waals surface area contributed by atoms with Crippen molar-refractivity contribution in [1.82, 2.24) is 20.5 Å². The van der Waals surface area contributed by atoms with Crippen molar-refractivity contribution in [3.05, 3.63) is 47.9 Å². The Morgan fingerprint density at radius 3 is 3.03 bits per heavy atom. The maximum absolute atomic E-state index is 5.52. The van der Waals surface area contributed by atoms with Crippen LogP contribution in [0.25, 0.3) is 0 Å². The van der Waals surface area contributed by atoms with Gasteiger partial charge < -0.3 is 20.7 Å². The lowest BCUT2D eigenvalue weighted by molar-refractivity contribution is -0.00317. The van der Waals surface area contributed by atoms with Crippen LogP contribution in [0, 0.1) is 11.8 Å². The number of nitrogens with zero attached hydrogens (tertiary/aromatic N) is 3. The van der Waals surface area contributed by atoms with Crippen LogP contribution in [-0.2, 0) is 11.2 Å². The number of allylic oxidation sites excluding steroid dienone is 1. The number of amidine groups is 1. The van der Waals surface area contributed by atoms with Crippen molar-refractivity contribution < 1.29 is 4.74 Å². The number of aliphatic imine (C=N–C) groups is 1. The lowest BCUT2D eigenvalue weighted by Gasteiger charge is -2.40. The number of rotatable bonds is 6. The van der Waals surface area contributed by atoms with Gasteiger partial charge in [0.05, 0.1) is 19.4 Å². The Morgan fingerprint density at radius 2 is 2.17 bits per heavy atom. The van der Waals surface area contributed by atoms with Crippen molar-refractivity contribution in [3.63, 3.8) is 0 Å². The number of ether oxygens (including phenoxy) is 1. The molecule has 3 unspecified atom stereocenters. The van der Waals surface area contributed by atoms with Crippen LogP contribution in [0.15, 0.2) is 47.4 Å². The van der Waals surface area contributed by atoms with E-state index in [-0.39, 0.29) is 0 Å². The maximum Gasteiger partial charge on any atom is 0.125 e. The molecule has 0 radical (unpaired) electrons. The summed E-state index contributed by atoms with van der Waals surface area (Å²) in [4.78, 5) is 11.8. The summed E-state index contributed by atoms with van der Waals surface area (Å²) in [5, 5.41) is 10.5. The molecule has 1 aromatic heterocycles. The first kappa shape index (κ1) is 19.6. The van der Waals surface area contributed by atoms with E-state index >= 15 is 0 Å². The van der Waals surface area contributed by atoms with Gasteiger partial charge in [0.1, 0.15) is 11.7 Å². The maximum atomic E-state index is 5.52. The molecule has 3 atom stereocenters. The number of hydrogen-bond donors (Lipinski definition) is 3. The third-order valence-corrected chi connectivity index (χ3v) is 6.60. The Balaban J connectivity index is 1.16. The van der Waals surface area contributed by atoms with Crippen molar-refractivity contribution in [1.29, 1.82) is 0 Å². The van der Waals surface area contributed by atoms with Crippen LogP contribution >= 0.6 is 0 Å². The lowest BCUT2D eigenvalue weighted by atomic mass is 9.90. The Morgan fingerprint density at radius 1 is 1.23 bits per heavy atom. The van der Waals surface area contributed by atoms with E-state index in [1.165, 1.54) is 24.0 Å². The number of nitrogens with one attached hydrogen (secondary N) is 3. The Kier molecular flexibility index (Phi) is 5.99. The molecule has 5 heterocycles. The average Bonchev–Trinajstić information content (AvgIpc) is 3.22. The van der Waals surface area contributed by atoms with Crippen LogP contribution in [0.3, 0.4) is 0 Å². The van der Waals surface area contributed by atoms with Gasteiger partial charge >= 0.3 is 0 Å². The fourth-order valence-electron chi connectivity index (χ4n) is 4.92. The summed E-state index contributed by atoms with van der Waals surface area (Å²) in [5.74, 6) is 3.11. The molecule has 4 aliphatic heterocycles. The highest BCUT2D eigenvalue weighted by Gasteiger charge is 2.29. The standard InChI is InChI=1S/C23H32N6O/c1-3-18(23(25-8-1)29-9-11-30-12-10-29)15-27-21-6-5-17(14-26-21)13-19-16-28-22-20(19)4-2-7-24-22/h1,5-6,8,14,16,18,20,23,25H,2-4,7,9-13,15H2,(H,24,28)(H,26,27). The Hall–Kier alpha value is -2.38. The van der Waals surface area contributed by atoms with E-state index in [0.29, 0.717) is 18.0 Å². The minimum Gasteiger partial charge on any atom is -0.379 e. The fraction of sp³-hybridized carbons (Fsp3) is 0.565. The third kappa shape index (κ3) is 4.37. The first-order valence-corrected chi connectivity index (χ1v) is 11.3. The molecular weight excluding hydrogens is 376 g/mol. The van der Waals surface area contributed by atoms with Gasteiger partial charge in [-0.3, -0.25) is 9.89 Å². The zero-order valence-electron chi connectivity index (χ0n) is 17.5. The molecule has 7 heteroatoms. The Labute approximate surface area is 178 Å². The quantitative estimate of drug-likeness (QED) is 0.670.